The summed E-state index contributed by atoms with van der Waals surface area (Å²) >= 11 is 0. The van der Waals surface area contributed by atoms with Gasteiger partial charge in [-0.15, -0.1) is 0 Å². The lowest BCUT2D eigenvalue weighted by molar-refractivity contribution is -0.137. The minimum Gasteiger partial charge on any atom is -0.439 e. The van der Waals surface area contributed by atoms with Crippen molar-refractivity contribution in [1.29, 1.82) is 0 Å². The van der Waals surface area contributed by atoms with Crippen LogP contribution in [0.2, 0.25) is 0 Å². The Morgan fingerprint density at radius 2 is 1.88 bits per heavy atom. The van der Waals surface area contributed by atoms with E-state index in [4.69, 9.17) is 4.74 Å². The van der Waals surface area contributed by atoms with Crippen LogP contribution in [-0.4, -0.2) is 12.6 Å². The fourth-order valence-electron chi connectivity index (χ4n) is 1.46. The average Bonchev–Trinajstić information content (AvgIpc) is 2.64. The van der Waals surface area contributed by atoms with Crippen LogP contribution >= 0.6 is 0 Å². The largest absolute Gasteiger partial charge is 0.439 e. The summed E-state index contributed by atoms with van der Waals surface area (Å²) in [6.45, 7) is 0.282. The van der Waals surface area contributed by atoms with E-state index in [9.17, 15) is 18.0 Å². The zero-order valence-electron chi connectivity index (χ0n) is 8.04. The molecule has 1 N–H and O–H groups in total. The molecule has 86 valence electrons. The molecule has 1 fully saturated rings. The first-order chi connectivity index (χ1) is 7.47. The van der Waals surface area contributed by atoms with Gasteiger partial charge in [-0.05, 0) is 17.7 Å². The summed E-state index contributed by atoms with van der Waals surface area (Å²) < 4.78 is 41.6. The van der Waals surface area contributed by atoms with Crippen molar-refractivity contribution in [3.05, 3.63) is 35.4 Å². The normalized spacial score (nSPS) is 20.4. The number of carbonyl (C=O) groups is 1. The van der Waals surface area contributed by atoms with Gasteiger partial charge in [0.15, 0.2) is 0 Å². The fraction of sp³-hybridized carbons (Fsp3) is 0.300. The molecular formula is C10H8F3NO2. The SMILES string of the molecule is O=C1NCC(c2ccc(C(F)(F)F)cc2)O1. The number of hydrogen-bond donors (Lipinski definition) is 1. The Morgan fingerprint density at radius 3 is 2.31 bits per heavy atom. The maximum Gasteiger partial charge on any atom is 0.416 e. The summed E-state index contributed by atoms with van der Waals surface area (Å²) in [4.78, 5) is 10.7. The predicted octanol–water partition coefficient (Wildman–Crippen LogP) is 2.49. The molecule has 1 amide bonds. The molecular weight excluding hydrogens is 223 g/mol. The third-order valence-corrected chi connectivity index (χ3v) is 2.29. The number of hydrogen-bond acceptors (Lipinski definition) is 2. The molecule has 2 rings (SSSR count). The number of benzene rings is 1. The Kier molecular flexibility index (Phi) is 2.49. The van der Waals surface area contributed by atoms with Crippen LogP contribution in [0.5, 0.6) is 0 Å². The summed E-state index contributed by atoms with van der Waals surface area (Å²) in [6, 6.07) is 4.57. The van der Waals surface area contributed by atoms with E-state index in [1.165, 1.54) is 12.1 Å². The van der Waals surface area contributed by atoms with Crippen molar-refractivity contribution in [2.45, 2.75) is 12.3 Å². The van der Waals surface area contributed by atoms with Crippen molar-refractivity contribution in [3.8, 4) is 0 Å². The van der Waals surface area contributed by atoms with Crippen molar-refractivity contribution in [1.82, 2.24) is 5.32 Å². The summed E-state index contributed by atoms with van der Waals surface area (Å²) in [5.74, 6) is 0. The van der Waals surface area contributed by atoms with Gasteiger partial charge in [-0.2, -0.15) is 13.2 Å². The molecule has 1 aromatic carbocycles. The summed E-state index contributed by atoms with van der Waals surface area (Å²) in [6.07, 6.45) is -5.40. The van der Waals surface area contributed by atoms with Crippen LogP contribution < -0.4 is 5.32 Å². The zero-order chi connectivity index (χ0) is 11.8. The van der Waals surface area contributed by atoms with E-state index in [1.54, 1.807) is 0 Å². The van der Waals surface area contributed by atoms with Gasteiger partial charge in [0.05, 0.1) is 12.1 Å². The van der Waals surface area contributed by atoms with Crippen LogP contribution in [0.4, 0.5) is 18.0 Å². The van der Waals surface area contributed by atoms with E-state index >= 15 is 0 Å². The molecule has 0 radical (unpaired) electrons. The smallest absolute Gasteiger partial charge is 0.416 e. The van der Waals surface area contributed by atoms with E-state index in [-0.39, 0.29) is 6.54 Å². The number of cyclic esters (lactones) is 1. The Hall–Kier alpha value is -1.72. The zero-order valence-corrected chi connectivity index (χ0v) is 8.04. The maximum atomic E-state index is 12.3. The van der Waals surface area contributed by atoms with E-state index in [0.29, 0.717) is 5.56 Å². The monoisotopic (exact) mass is 231 g/mol. The van der Waals surface area contributed by atoms with Crippen LogP contribution in [0.3, 0.4) is 0 Å². The number of rotatable bonds is 1. The summed E-state index contributed by atoms with van der Waals surface area (Å²) in [7, 11) is 0. The highest BCUT2D eigenvalue weighted by molar-refractivity contribution is 5.69. The maximum absolute atomic E-state index is 12.3. The molecule has 0 aliphatic carbocycles. The third kappa shape index (κ3) is 2.10. The minimum atomic E-state index is -4.34. The molecule has 1 atom stereocenters. The molecule has 3 nitrogen and oxygen atoms in total. The van der Waals surface area contributed by atoms with Crippen molar-refractivity contribution in [2.75, 3.05) is 6.54 Å². The molecule has 0 aromatic heterocycles. The topological polar surface area (TPSA) is 38.3 Å². The third-order valence-electron chi connectivity index (χ3n) is 2.29. The van der Waals surface area contributed by atoms with Gasteiger partial charge in [0.1, 0.15) is 6.10 Å². The second-order valence-electron chi connectivity index (χ2n) is 3.39. The Balaban J connectivity index is 2.17. The number of amides is 1. The molecule has 1 unspecified atom stereocenters. The Labute approximate surface area is 89.2 Å². The highest BCUT2D eigenvalue weighted by Gasteiger charge is 2.31. The van der Waals surface area contributed by atoms with Crippen LogP contribution in [-0.2, 0) is 10.9 Å². The van der Waals surface area contributed by atoms with E-state index in [1.807, 2.05) is 0 Å². The quantitative estimate of drug-likeness (QED) is 0.806. The highest BCUT2D eigenvalue weighted by Crippen LogP contribution is 2.30. The van der Waals surface area contributed by atoms with Crippen LogP contribution in [0.25, 0.3) is 0 Å². The lowest BCUT2D eigenvalue weighted by Gasteiger charge is -2.10. The summed E-state index contributed by atoms with van der Waals surface area (Å²) in [5.41, 5.74) is -0.167. The van der Waals surface area contributed by atoms with Gasteiger partial charge >= 0.3 is 12.3 Å². The standard InChI is InChI=1S/C10H8F3NO2/c11-10(12,13)7-3-1-6(2-4-7)8-5-14-9(15)16-8/h1-4,8H,5H2,(H,14,15). The number of halogens is 3. The average molecular weight is 231 g/mol. The first-order valence-corrected chi connectivity index (χ1v) is 4.58. The molecule has 6 heteroatoms. The molecule has 1 aliphatic rings. The van der Waals surface area contributed by atoms with E-state index < -0.39 is 23.9 Å². The van der Waals surface area contributed by atoms with E-state index in [0.717, 1.165) is 12.1 Å². The molecule has 0 bridgehead atoms. The van der Waals surface area contributed by atoms with Gasteiger partial charge < -0.3 is 10.1 Å². The van der Waals surface area contributed by atoms with Gasteiger partial charge in [0.25, 0.3) is 0 Å². The molecule has 1 aliphatic heterocycles. The molecule has 0 spiro atoms. The molecule has 16 heavy (non-hydrogen) atoms. The number of ether oxygens (including phenoxy) is 1. The molecule has 1 aromatic rings. The Morgan fingerprint density at radius 1 is 1.25 bits per heavy atom. The lowest BCUT2D eigenvalue weighted by Crippen LogP contribution is -2.12. The predicted molar refractivity (Wildman–Crippen MR) is 48.7 cm³/mol. The number of alkyl halides is 3. The van der Waals surface area contributed by atoms with Crippen molar-refractivity contribution in [2.24, 2.45) is 0 Å². The summed E-state index contributed by atoms with van der Waals surface area (Å²) in [5, 5.41) is 2.43. The lowest BCUT2D eigenvalue weighted by atomic mass is 10.1. The van der Waals surface area contributed by atoms with Crippen LogP contribution in [0.15, 0.2) is 24.3 Å². The molecule has 1 saturated heterocycles. The first-order valence-electron chi connectivity index (χ1n) is 4.58. The van der Waals surface area contributed by atoms with Gasteiger partial charge in [0.2, 0.25) is 0 Å². The minimum absolute atomic E-state index is 0.282. The van der Waals surface area contributed by atoms with Gasteiger partial charge in [-0.25, -0.2) is 4.79 Å². The Bertz CT molecular complexity index is 400. The van der Waals surface area contributed by atoms with Crippen LogP contribution in [0, 0.1) is 0 Å². The number of carbonyl (C=O) groups excluding carboxylic acids is 1. The van der Waals surface area contributed by atoms with Crippen molar-refractivity contribution < 1.29 is 22.7 Å². The molecule has 1 heterocycles. The van der Waals surface area contributed by atoms with Gasteiger partial charge in [0, 0.05) is 0 Å². The van der Waals surface area contributed by atoms with Gasteiger partial charge in [-0.3, -0.25) is 0 Å². The van der Waals surface area contributed by atoms with Gasteiger partial charge in [-0.1, -0.05) is 12.1 Å². The first kappa shape index (κ1) is 10.8. The number of nitrogens with one attached hydrogen (secondary N) is 1. The highest BCUT2D eigenvalue weighted by atomic mass is 19.4. The van der Waals surface area contributed by atoms with E-state index in [2.05, 4.69) is 5.32 Å². The van der Waals surface area contributed by atoms with Crippen LogP contribution in [0.1, 0.15) is 17.2 Å². The second kappa shape index (κ2) is 3.70. The van der Waals surface area contributed by atoms with Crippen molar-refractivity contribution >= 4 is 6.09 Å². The second-order valence-corrected chi connectivity index (χ2v) is 3.39. The van der Waals surface area contributed by atoms with Crippen molar-refractivity contribution in [3.63, 3.8) is 0 Å². The number of alkyl carbamates (subject to hydrolysis) is 1. The fourth-order valence-corrected chi connectivity index (χ4v) is 1.46. The molecule has 0 saturated carbocycles.